The van der Waals surface area contributed by atoms with E-state index < -0.39 is 17.6 Å². The first-order valence-corrected chi connectivity index (χ1v) is 12.8. The number of fused-ring (bicyclic) bond motifs is 1. The van der Waals surface area contributed by atoms with Gasteiger partial charge in [-0.05, 0) is 49.7 Å². The molecule has 1 heterocycles. The van der Waals surface area contributed by atoms with Gasteiger partial charge in [-0.1, -0.05) is 55.8 Å². The fourth-order valence-corrected chi connectivity index (χ4v) is 4.48. The number of benzene rings is 2. The Hall–Kier alpha value is -3.36. The average molecular weight is 528 g/mol. The molecule has 1 aromatic heterocycles. The second-order valence-corrected chi connectivity index (χ2v) is 9.12. The second kappa shape index (κ2) is 13.3. The molecule has 3 aromatic rings. The summed E-state index contributed by atoms with van der Waals surface area (Å²) in [7, 11) is 1.52. The molecule has 0 saturated carbocycles. The van der Waals surface area contributed by atoms with E-state index in [1.165, 1.54) is 7.05 Å². The van der Waals surface area contributed by atoms with Gasteiger partial charge in [0, 0.05) is 31.0 Å². The standard InChI is InChI=1S/C28H34ClN3O5/c1-5-32(6-2)15-14-21-18(3)20-12-13-23(25(29)26(20)37-28(21)35)36-17-24(33)31-22(27(34)30-4)16-19-10-8-7-9-11-19/h7-13,22H,5-6,14-17H2,1-4H3,(H,30,34)(H,31,33). The third kappa shape index (κ3) is 7.11. The second-order valence-electron chi connectivity index (χ2n) is 8.74. The number of ether oxygens (including phenoxy) is 1. The van der Waals surface area contributed by atoms with E-state index >= 15 is 0 Å². The van der Waals surface area contributed by atoms with Crippen LogP contribution in [0.3, 0.4) is 0 Å². The quantitative estimate of drug-likeness (QED) is 0.350. The van der Waals surface area contributed by atoms with E-state index in [0.29, 0.717) is 18.4 Å². The number of hydrogen-bond acceptors (Lipinski definition) is 6. The van der Waals surface area contributed by atoms with Crippen LogP contribution in [-0.4, -0.2) is 56.0 Å². The molecular weight excluding hydrogens is 494 g/mol. The third-order valence-electron chi connectivity index (χ3n) is 6.47. The molecule has 0 aliphatic heterocycles. The van der Waals surface area contributed by atoms with Crippen molar-refractivity contribution in [2.75, 3.05) is 33.3 Å². The predicted octanol–water partition coefficient (Wildman–Crippen LogP) is 3.49. The van der Waals surface area contributed by atoms with Crippen molar-refractivity contribution in [3.05, 3.63) is 74.6 Å². The zero-order valence-electron chi connectivity index (χ0n) is 21.7. The van der Waals surface area contributed by atoms with Gasteiger partial charge in [0.2, 0.25) is 5.91 Å². The third-order valence-corrected chi connectivity index (χ3v) is 6.83. The maximum atomic E-state index is 12.7. The highest BCUT2D eigenvalue weighted by atomic mass is 35.5. The van der Waals surface area contributed by atoms with E-state index in [9.17, 15) is 14.4 Å². The van der Waals surface area contributed by atoms with Crippen molar-refractivity contribution in [2.45, 2.75) is 39.7 Å². The maximum absolute atomic E-state index is 12.7. The summed E-state index contributed by atoms with van der Waals surface area (Å²) in [6, 6.07) is 12.1. The number of rotatable bonds is 12. The molecule has 2 aromatic carbocycles. The van der Waals surface area contributed by atoms with Crippen LogP contribution in [-0.2, 0) is 22.4 Å². The number of nitrogens with one attached hydrogen (secondary N) is 2. The number of likely N-dealkylation sites (N-methyl/N-ethyl adjacent to an activating group) is 2. The first kappa shape index (κ1) is 28.2. The summed E-state index contributed by atoms with van der Waals surface area (Å²) in [6.45, 7) is 8.27. The van der Waals surface area contributed by atoms with Crippen molar-refractivity contribution < 1.29 is 18.7 Å². The zero-order valence-corrected chi connectivity index (χ0v) is 22.5. The van der Waals surface area contributed by atoms with Gasteiger partial charge in [0.05, 0.1) is 0 Å². The fourth-order valence-electron chi connectivity index (χ4n) is 4.23. The summed E-state index contributed by atoms with van der Waals surface area (Å²) in [5, 5.41) is 6.11. The lowest BCUT2D eigenvalue weighted by atomic mass is 10.0. The molecule has 9 heteroatoms. The molecule has 0 aliphatic rings. The van der Waals surface area contributed by atoms with E-state index in [1.54, 1.807) is 12.1 Å². The molecule has 0 radical (unpaired) electrons. The van der Waals surface area contributed by atoms with E-state index in [-0.39, 0.29) is 28.9 Å². The molecule has 0 saturated heterocycles. The Morgan fingerprint density at radius 2 is 1.81 bits per heavy atom. The monoisotopic (exact) mass is 527 g/mol. The van der Waals surface area contributed by atoms with Crippen LogP contribution in [0.25, 0.3) is 11.0 Å². The van der Waals surface area contributed by atoms with Gasteiger partial charge in [0.25, 0.3) is 5.91 Å². The normalized spacial score (nSPS) is 11.9. The first-order valence-electron chi connectivity index (χ1n) is 12.4. The van der Waals surface area contributed by atoms with Crippen molar-refractivity contribution in [3.8, 4) is 5.75 Å². The Morgan fingerprint density at radius 1 is 1.11 bits per heavy atom. The highest BCUT2D eigenvalue weighted by molar-refractivity contribution is 6.36. The molecule has 8 nitrogen and oxygen atoms in total. The van der Waals surface area contributed by atoms with E-state index in [4.69, 9.17) is 20.8 Å². The van der Waals surface area contributed by atoms with Gasteiger partial charge >= 0.3 is 5.63 Å². The molecule has 198 valence electrons. The van der Waals surface area contributed by atoms with Crippen molar-refractivity contribution in [2.24, 2.45) is 0 Å². The van der Waals surface area contributed by atoms with Gasteiger partial charge in [0.15, 0.2) is 12.2 Å². The molecule has 2 N–H and O–H groups in total. The van der Waals surface area contributed by atoms with Crippen LogP contribution >= 0.6 is 11.6 Å². The number of amides is 2. The summed E-state index contributed by atoms with van der Waals surface area (Å²) >= 11 is 6.52. The van der Waals surface area contributed by atoms with Crippen LogP contribution in [0.4, 0.5) is 0 Å². The predicted molar refractivity (Wildman–Crippen MR) is 145 cm³/mol. The first-order chi connectivity index (χ1) is 17.8. The number of carbonyl (C=O) groups excluding carboxylic acids is 2. The molecular formula is C28H34ClN3O5. The Bertz CT molecular complexity index is 1290. The van der Waals surface area contributed by atoms with Crippen molar-refractivity contribution in [3.63, 3.8) is 0 Å². The smallest absolute Gasteiger partial charge is 0.339 e. The Morgan fingerprint density at radius 3 is 2.46 bits per heavy atom. The average Bonchev–Trinajstić information content (AvgIpc) is 2.90. The molecule has 0 bridgehead atoms. The van der Waals surface area contributed by atoms with Crippen LogP contribution in [0.2, 0.25) is 5.02 Å². The van der Waals surface area contributed by atoms with Crippen molar-refractivity contribution in [1.82, 2.24) is 15.5 Å². The summed E-state index contributed by atoms with van der Waals surface area (Å²) in [5.74, 6) is -0.581. The molecule has 37 heavy (non-hydrogen) atoms. The fraction of sp³-hybridized carbons (Fsp3) is 0.393. The minimum Gasteiger partial charge on any atom is -0.482 e. The van der Waals surface area contributed by atoms with Gasteiger partial charge in [-0.3, -0.25) is 9.59 Å². The largest absolute Gasteiger partial charge is 0.482 e. The van der Waals surface area contributed by atoms with Gasteiger partial charge in [-0.25, -0.2) is 4.79 Å². The highest BCUT2D eigenvalue weighted by Crippen LogP contribution is 2.34. The van der Waals surface area contributed by atoms with Crippen molar-refractivity contribution >= 4 is 34.4 Å². The topological polar surface area (TPSA) is 101 Å². The zero-order chi connectivity index (χ0) is 26.9. The molecule has 0 spiro atoms. The Kier molecular flexibility index (Phi) is 10.1. The SMILES string of the molecule is CCN(CC)CCc1c(C)c2ccc(OCC(=O)NC(Cc3ccccc3)C(=O)NC)c(Cl)c2oc1=O. The van der Waals surface area contributed by atoms with Gasteiger partial charge in [0.1, 0.15) is 16.8 Å². The van der Waals surface area contributed by atoms with E-state index in [1.807, 2.05) is 37.3 Å². The van der Waals surface area contributed by atoms with Gasteiger partial charge in [-0.2, -0.15) is 0 Å². The highest BCUT2D eigenvalue weighted by Gasteiger charge is 2.21. The summed E-state index contributed by atoms with van der Waals surface area (Å²) < 4.78 is 11.2. The summed E-state index contributed by atoms with van der Waals surface area (Å²) in [5.41, 5.74) is 2.15. The van der Waals surface area contributed by atoms with Crippen molar-refractivity contribution in [1.29, 1.82) is 0 Å². The van der Waals surface area contributed by atoms with E-state index in [2.05, 4.69) is 29.4 Å². The Balaban J connectivity index is 1.72. The lowest BCUT2D eigenvalue weighted by Crippen LogP contribution is -2.48. The molecule has 2 amide bonds. The van der Waals surface area contributed by atoms with Crippen LogP contribution in [0.15, 0.2) is 51.7 Å². The number of aryl methyl sites for hydroxylation is 1. The number of carbonyl (C=O) groups is 2. The minimum atomic E-state index is -0.758. The minimum absolute atomic E-state index is 0.118. The number of nitrogens with zero attached hydrogens (tertiary/aromatic N) is 1. The maximum Gasteiger partial charge on any atom is 0.339 e. The van der Waals surface area contributed by atoms with Crippen LogP contribution < -0.4 is 21.0 Å². The van der Waals surface area contributed by atoms with Gasteiger partial charge in [-0.15, -0.1) is 0 Å². The lowest BCUT2D eigenvalue weighted by Gasteiger charge is -2.19. The summed E-state index contributed by atoms with van der Waals surface area (Å²) in [6.07, 6.45) is 0.918. The van der Waals surface area contributed by atoms with E-state index in [0.717, 1.165) is 36.1 Å². The van der Waals surface area contributed by atoms with Crippen LogP contribution in [0.5, 0.6) is 5.75 Å². The molecule has 0 aliphatic carbocycles. The summed E-state index contributed by atoms with van der Waals surface area (Å²) in [4.78, 5) is 39.9. The molecule has 1 atom stereocenters. The number of hydrogen-bond donors (Lipinski definition) is 2. The molecule has 1 unspecified atom stereocenters. The van der Waals surface area contributed by atoms with Gasteiger partial charge < -0.3 is 24.7 Å². The van der Waals surface area contributed by atoms with Crippen LogP contribution in [0, 0.1) is 6.92 Å². The lowest BCUT2D eigenvalue weighted by molar-refractivity contribution is -0.129. The number of halogens is 1. The Labute approximate surface area is 221 Å². The van der Waals surface area contributed by atoms with Crippen LogP contribution in [0.1, 0.15) is 30.5 Å². The molecule has 3 rings (SSSR count). The molecule has 0 fully saturated rings.